The first-order valence-corrected chi connectivity index (χ1v) is 6.02. The SMILES string of the molecule is CCc1cncc(F)c1.Cc1cc(C)nc(C)c1. The zero-order chi connectivity index (χ0) is 13.5. The molecule has 96 valence electrons. The van der Waals surface area contributed by atoms with Crippen LogP contribution in [0.25, 0.3) is 0 Å². The Bertz CT molecular complexity index is 459. The fraction of sp³-hybridized carbons (Fsp3) is 0.333. The normalized spacial score (nSPS) is 9.61. The quantitative estimate of drug-likeness (QED) is 0.765. The maximum Gasteiger partial charge on any atom is 0.141 e. The van der Waals surface area contributed by atoms with Crippen LogP contribution in [0.4, 0.5) is 4.39 Å². The van der Waals surface area contributed by atoms with Crippen LogP contribution < -0.4 is 0 Å². The number of pyridine rings is 2. The number of aryl methyl sites for hydroxylation is 4. The number of nitrogens with zero attached hydrogens (tertiary/aromatic N) is 2. The second kappa shape index (κ2) is 6.84. The summed E-state index contributed by atoms with van der Waals surface area (Å²) >= 11 is 0. The van der Waals surface area contributed by atoms with Gasteiger partial charge >= 0.3 is 0 Å². The minimum Gasteiger partial charge on any atom is -0.261 e. The third-order valence-electron chi connectivity index (χ3n) is 2.40. The van der Waals surface area contributed by atoms with Crippen LogP contribution in [0.5, 0.6) is 0 Å². The smallest absolute Gasteiger partial charge is 0.141 e. The molecule has 0 spiro atoms. The van der Waals surface area contributed by atoms with E-state index in [1.807, 2.05) is 20.8 Å². The van der Waals surface area contributed by atoms with E-state index in [2.05, 4.69) is 29.0 Å². The Hall–Kier alpha value is -1.77. The van der Waals surface area contributed by atoms with Gasteiger partial charge in [0.1, 0.15) is 5.82 Å². The standard InChI is InChI=1S/C8H11N.C7H8FN/c1-6-4-7(2)9-8(3)5-6;1-2-6-3-7(8)5-9-4-6/h4-5H,1-3H3;3-5H,2H2,1H3. The predicted octanol–water partition coefficient (Wildman–Crippen LogP) is 3.79. The molecule has 0 aliphatic heterocycles. The monoisotopic (exact) mass is 246 g/mol. The van der Waals surface area contributed by atoms with E-state index < -0.39 is 0 Å². The molecular formula is C15H19FN2. The van der Waals surface area contributed by atoms with E-state index in [4.69, 9.17) is 0 Å². The van der Waals surface area contributed by atoms with Crippen LogP contribution in [-0.4, -0.2) is 9.97 Å². The van der Waals surface area contributed by atoms with Gasteiger partial charge in [0.2, 0.25) is 0 Å². The molecule has 0 amide bonds. The Kier molecular flexibility index (Phi) is 5.43. The van der Waals surface area contributed by atoms with Crippen LogP contribution in [0, 0.1) is 26.6 Å². The molecular weight excluding hydrogens is 227 g/mol. The van der Waals surface area contributed by atoms with E-state index >= 15 is 0 Å². The summed E-state index contributed by atoms with van der Waals surface area (Å²) in [5, 5.41) is 0. The van der Waals surface area contributed by atoms with Crippen LogP contribution in [0.15, 0.2) is 30.6 Å². The van der Waals surface area contributed by atoms with E-state index in [1.54, 1.807) is 6.20 Å². The van der Waals surface area contributed by atoms with Gasteiger partial charge in [-0.2, -0.15) is 0 Å². The summed E-state index contributed by atoms with van der Waals surface area (Å²) < 4.78 is 12.3. The fourth-order valence-electron chi connectivity index (χ4n) is 1.69. The maximum atomic E-state index is 12.3. The van der Waals surface area contributed by atoms with Crippen LogP contribution >= 0.6 is 0 Å². The summed E-state index contributed by atoms with van der Waals surface area (Å²) in [4.78, 5) is 7.91. The number of hydrogen-bond donors (Lipinski definition) is 0. The lowest BCUT2D eigenvalue weighted by atomic mass is 10.2. The van der Waals surface area contributed by atoms with Crippen molar-refractivity contribution < 1.29 is 4.39 Å². The molecule has 2 aromatic heterocycles. The molecule has 0 atom stereocenters. The van der Waals surface area contributed by atoms with Gasteiger partial charge in [-0.25, -0.2) is 4.39 Å². The second-order valence-electron chi connectivity index (χ2n) is 4.29. The summed E-state index contributed by atoms with van der Waals surface area (Å²) in [6, 6.07) is 5.65. The molecule has 0 N–H and O–H groups in total. The van der Waals surface area contributed by atoms with Crippen molar-refractivity contribution in [3.8, 4) is 0 Å². The van der Waals surface area contributed by atoms with E-state index in [1.165, 1.54) is 17.8 Å². The van der Waals surface area contributed by atoms with Gasteiger partial charge in [0.05, 0.1) is 6.20 Å². The highest BCUT2D eigenvalue weighted by Crippen LogP contribution is 2.01. The minimum absolute atomic E-state index is 0.255. The molecule has 2 nitrogen and oxygen atoms in total. The van der Waals surface area contributed by atoms with Crippen LogP contribution in [-0.2, 0) is 6.42 Å². The number of halogens is 1. The zero-order valence-corrected chi connectivity index (χ0v) is 11.4. The molecule has 0 aromatic carbocycles. The highest BCUT2D eigenvalue weighted by molar-refractivity contribution is 5.18. The van der Waals surface area contributed by atoms with E-state index in [-0.39, 0.29) is 5.82 Å². The van der Waals surface area contributed by atoms with Gasteiger partial charge in [0, 0.05) is 17.6 Å². The fourth-order valence-corrected chi connectivity index (χ4v) is 1.69. The second-order valence-corrected chi connectivity index (χ2v) is 4.29. The summed E-state index contributed by atoms with van der Waals surface area (Å²) in [7, 11) is 0. The largest absolute Gasteiger partial charge is 0.261 e. The first-order valence-electron chi connectivity index (χ1n) is 6.02. The highest BCUT2D eigenvalue weighted by Gasteiger charge is 1.90. The Morgan fingerprint density at radius 1 is 1.00 bits per heavy atom. The highest BCUT2D eigenvalue weighted by atomic mass is 19.1. The first kappa shape index (κ1) is 14.3. The molecule has 2 heterocycles. The summed E-state index contributed by atoms with van der Waals surface area (Å²) in [5.74, 6) is -0.255. The Balaban J connectivity index is 0.000000180. The van der Waals surface area contributed by atoms with E-state index in [0.29, 0.717) is 0 Å². The predicted molar refractivity (Wildman–Crippen MR) is 72.0 cm³/mol. The number of aromatic nitrogens is 2. The van der Waals surface area contributed by atoms with Gasteiger partial charge in [0.15, 0.2) is 0 Å². The van der Waals surface area contributed by atoms with Crippen molar-refractivity contribution in [3.63, 3.8) is 0 Å². The van der Waals surface area contributed by atoms with Crippen molar-refractivity contribution in [2.45, 2.75) is 34.1 Å². The van der Waals surface area contributed by atoms with Gasteiger partial charge < -0.3 is 0 Å². The van der Waals surface area contributed by atoms with Crippen molar-refractivity contribution >= 4 is 0 Å². The van der Waals surface area contributed by atoms with Crippen molar-refractivity contribution in [1.82, 2.24) is 9.97 Å². The molecule has 0 saturated carbocycles. The minimum atomic E-state index is -0.255. The molecule has 18 heavy (non-hydrogen) atoms. The average Bonchev–Trinajstić information content (AvgIpc) is 2.27. The molecule has 0 bridgehead atoms. The van der Waals surface area contributed by atoms with Crippen LogP contribution in [0.1, 0.15) is 29.4 Å². The van der Waals surface area contributed by atoms with E-state index in [9.17, 15) is 4.39 Å². The molecule has 0 radical (unpaired) electrons. The van der Waals surface area contributed by atoms with Crippen molar-refractivity contribution in [2.75, 3.05) is 0 Å². The third-order valence-corrected chi connectivity index (χ3v) is 2.40. The molecule has 0 fully saturated rings. The molecule has 0 aliphatic rings. The molecule has 0 unspecified atom stereocenters. The lowest BCUT2D eigenvalue weighted by Crippen LogP contribution is -1.85. The van der Waals surface area contributed by atoms with Gasteiger partial charge in [-0.05, 0) is 56.5 Å². The van der Waals surface area contributed by atoms with Crippen molar-refractivity contribution in [2.24, 2.45) is 0 Å². The first-order chi connectivity index (χ1) is 8.51. The van der Waals surface area contributed by atoms with Gasteiger partial charge in [-0.1, -0.05) is 6.92 Å². The molecule has 0 aliphatic carbocycles. The molecule has 0 saturated heterocycles. The maximum absolute atomic E-state index is 12.3. The third kappa shape index (κ3) is 5.04. The molecule has 3 heteroatoms. The molecule has 2 rings (SSSR count). The lowest BCUT2D eigenvalue weighted by Gasteiger charge is -1.96. The number of hydrogen-bond acceptors (Lipinski definition) is 2. The van der Waals surface area contributed by atoms with Crippen molar-refractivity contribution in [1.29, 1.82) is 0 Å². The number of rotatable bonds is 1. The summed E-state index contributed by atoms with van der Waals surface area (Å²) in [6.45, 7) is 8.08. The van der Waals surface area contributed by atoms with E-state index in [0.717, 1.165) is 23.4 Å². The summed E-state index contributed by atoms with van der Waals surface area (Å²) in [5.41, 5.74) is 4.44. The average molecular weight is 246 g/mol. The van der Waals surface area contributed by atoms with Gasteiger partial charge in [-0.3, -0.25) is 9.97 Å². The summed E-state index contributed by atoms with van der Waals surface area (Å²) in [6.07, 6.45) is 3.72. The van der Waals surface area contributed by atoms with Gasteiger partial charge in [0.25, 0.3) is 0 Å². The van der Waals surface area contributed by atoms with Gasteiger partial charge in [-0.15, -0.1) is 0 Å². The Morgan fingerprint density at radius 3 is 2.00 bits per heavy atom. The molecule has 2 aromatic rings. The Labute approximate surface area is 108 Å². The lowest BCUT2D eigenvalue weighted by molar-refractivity contribution is 0.619. The van der Waals surface area contributed by atoms with Crippen LogP contribution in [0.3, 0.4) is 0 Å². The zero-order valence-electron chi connectivity index (χ0n) is 11.4. The van der Waals surface area contributed by atoms with Crippen molar-refractivity contribution in [3.05, 3.63) is 58.9 Å². The topological polar surface area (TPSA) is 25.8 Å². The van der Waals surface area contributed by atoms with Crippen LogP contribution in [0.2, 0.25) is 0 Å². The Morgan fingerprint density at radius 2 is 1.61 bits per heavy atom.